The number of piperidine rings is 1. The van der Waals surface area contributed by atoms with Crippen LogP contribution in [-0.4, -0.2) is 77.0 Å². The van der Waals surface area contributed by atoms with Gasteiger partial charge in [-0.05, 0) is 136 Å². The third-order valence-electron chi connectivity index (χ3n) is 11.5. The summed E-state index contributed by atoms with van der Waals surface area (Å²) in [6.45, 7) is 7.79. The molecular weight excluding hydrogens is 761 g/mol. The number of amides is 1. The number of aromatic amines is 1. The molecule has 12 nitrogen and oxygen atoms in total. The number of unbranched alkanes of at least 4 members (excludes halogenated alkanes) is 3. The number of aliphatic hydroxyl groups is 1. The molecule has 6 N–H and O–H groups in total. The van der Waals surface area contributed by atoms with Crippen molar-refractivity contribution in [3.8, 4) is 17.2 Å². The molecule has 0 spiro atoms. The highest BCUT2D eigenvalue weighted by Gasteiger charge is 2.35. The minimum absolute atomic E-state index is 0.0194. The lowest BCUT2D eigenvalue weighted by Gasteiger charge is -2.31. The normalized spacial score (nSPS) is 17.0. The quantitative estimate of drug-likeness (QED) is 0.0405. The van der Waals surface area contributed by atoms with Crippen LogP contribution in [0.4, 0.5) is 0 Å². The first-order chi connectivity index (χ1) is 29.1. The number of carbonyl (C=O) groups excluding carboxylic acids is 2. The third kappa shape index (κ3) is 12.2. The molecule has 1 amide bonds. The molecule has 5 aromatic rings. The van der Waals surface area contributed by atoms with E-state index in [1.54, 1.807) is 18.2 Å². The van der Waals surface area contributed by atoms with Gasteiger partial charge < -0.3 is 40.4 Å². The predicted molar refractivity (Wildman–Crippen MR) is 232 cm³/mol. The van der Waals surface area contributed by atoms with E-state index in [9.17, 15) is 29.7 Å². The van der Waals surface area contributed by atoms with E-state index in [1.165, 1.54) is 23.3 Å². The fraction of sp³-hybridized carbons (Fsp3) is 0.396. The number of phenolic OH excluding ortho intramolecular Hbond substituents is 2. The highest BCUT2D eigenvalue weighted by Crippen LogP contribution is 2.37. The van der Waals surface area contributed by atoms with Gasteiger partial charge in [0.15, 0.2) is 0 Å². The highest BCUT2D eigenvalue weighted by atomic mass is 16.5. The molecule has 318 valence electrons. The number of benzene rings is 4. The molecule has 1 aromatic heterocycles. The number of aryl methyl sites for hydroxylation is 1. The van der Waals surface area contributed by atoms with Crippen molar-refractivity contribution in [2.24, 2.45) is 5.92 Å². The lowest BCUT2D eigenvalue weighted by atomic mass is 9.93. The molecule has 2 heterocycles. The van der Waals surface area contributed by atoms with Crippen LogP contribution in [0.1, 0.15) is 90.6 Å². The second kappa shape index (κ2) is 21.5. The first-order valence-corrected chi connectivity index (χ1v) is 21.0. The Labute approximate surface area is 351 Å². The van der Waals surface area contributed by atoms with Gasteiger partial charge in [0, 0.05) is 30.1 Å². The molecule has 0 bridgehead atoms. The molecule has 1 saturated heterocycles. The van der Waals surface area contributed by atoms with Gasteiger partial charge in [-0.25, -0.2) is 0 Å². The van der Waals surface area contributed by atoms with E-state index < -0.39 is 6.10 Å². The molecule has 1 aliphatic carbocycles. The van der Waals surface area contributed by atoms with Crippen molar-refractivity contribution in [2.45, 2.75) is 76.5 Å². The molecule has 2 unspecified atom stereocenters. The Morgan fingerprint density at radius 2 is 1.75 bits per heavy atom. The number of H-pyrrole nitrogens is 1. The number of hydrogen-bond donors (Lipinski definition) is 6. The summed E-state index contributed by atoms with van der Waals surface area (Å²) in [4.78, 5) is 39.8. The van der Waals surface area contributed by atoms with Crippen molar-refractivity contribution in [3.05, 3.63) is 135 Å². The Morgan fingerprint density at radius 3 is 2.57 bits per heavy atom. The van der Waals surface area contributed by atoms with Crippen LogP contribution in [0.3, 0.4) is 0 Å². The summed E-state index contributed by atoms with van der Waals surface area (Å²) in [6.07, 6.45) is 7.13. The summed E-state index contributed by atoms with van der Waals surface area (Å²) in [7, 11) is 0. The first kappa shape index (κ1) is 43.9. The minimum Gasteiger partial charge on any atom is -0.508 e. The molecule has 2 aliphatic rings. The maximum atomic E-state index is 13.1. The van der Waals surface area contributed by atoms with E-state index in [4.69, 9.17) is 9.47 Å². The second-order valence-corrected chi connectivity index (χ2v) is 16.1. The largest absolute Gasteiger partial charge is 0.508 e. The number of fused-ring (bicyclic) bond motifs is 2. The standard InChI is InChI=1S/C34H39N3O5.C14H19NO3/c1-34(18-17-23-9-4-5-12-28(23)34)37-33(41)24-10-8-11-25(21-24)42-20-7-3-2-6-19-35-22-30(39)26-13-15-29(38)32-27(26)14-16-31(40)36-32;16-11-18-10-12-4-6-15(7-5-12)9-13-2-1-3-14(17)8-13/h4-5,8-16,21,30,35,38-39H,2-3,6-7,17-20,22H2,1H3,(H,36,40)(H,37,41);1-3,8,11-12,17H,4-7,9-10H2. The number of likely N-dealkylation sites (tertiary alicyclic amines) is 1. The van der Waals surface area contributed by atoms with Crippen molar-refractivity contribution in [1.82, 2.24) is 20.5 Å². The monoisotopic (exact) mass is 818 g/mol. The molecule has 7 rings (SSSR count). The molecule has 0 saturated carbocycles. The number of nitrogens with one attached hydrogen (secondary N) is 3. The maximum Gasteiger partial charge on any atom is 0.293 e. The lowest BCUT2D eigenvalue weighted by Crippen LogP contribution is -2.41. The highest BCUT2D eigenvalue weighted by molar-refractivity contribution is 5.95. The molecule has 1 fully saturated rings. The van der Waals surface area contributed by atoms with Crippen LogP contribution in [0.2, 0.25) is 0 Å². The van der Waals surface area contributed by atoms with Crippen LogP contribution >= 0.6 is 0 Å². The molecule has 2 atom stereocenters. The van der Waals surface area contributed by atoms with Crippen molar-refractivity contribution in [3.63, 3.8) is 0 Å². The van der Waals surface area contributed by atoms with Gasteiger partial charge in [0.25, 0.3) is 12.4 Å². The molecule has 60 heavy (non-hydrogen) atoms. The van der Waals surface area contributed by atoms with Crippen LogP contribution in [0, 0.1) is 5.92 Å². The van der Waals surface area contributed by atoms with Gasteiger partial charge >= 0.3 is 0 Å². The zero-order valence-corrected chi connectivity index (χ0v) is 34.4. The van der Waals surface area contributed by atoms with E-state index >= 15 is 0 Å². The number of phenols is 2. The second-order valence-electron chi connectivity index (χ2n) is 16.1. The SMILES string of the molecule is CC1(NC(=O)c2cccc(OCCCCCCNCC(O)c3ccc(O)c4[nH]c(=O)ccc34)c2)CCc2ccccc21.O=COCC1CCN(Cc2cccc(O)c2)CC1. The van der Waals surface area contributed by atoms with Gasteiger partial charge in [0.05, 0.1) is 30.4 Å². The number of pyridine rings is 1. The van der Waals surface area contributed by atoms with E-state index in [-0.39, 0.29) is 22.8 Å². The topological polar surface area (TPSA) is 173 Å². The summed E-state index contributed by atoms with van der Waals surface area (Å²) >= 11 is 0. The number of hydrogen-bond acceptors (Lipinski definition) is 10. The minimum atomic E-state index is -0.762. The van der Waals surface area contributed by atoms with E-state index in [0.717, 1.165) is 83.1 Å². The Balaban J connectivity index is 0.000000279. The smallest absolute Gasteiger partial charge is 0.293 e. The van der Waals surface area contributed by atoms with Crippen LogP contribution in [0.5, 0.6) is 17.2 Å². The third-order valence-corrected chi connectivity index (χ3v) is 11.5. The Bertz CT molecular complexity index is 2240. The summed E-state index contributed by atoms with van der Waals surface area (Å²) in [5, 5.41) is 37.3. The molecule has 0 radical (unpaired) electrons. The van der Waals surface area contributed by atoms with Crippen molar-refractivity contribution in [1.29, 1.82) is 0 Å². The van der Waals surface area contributed by atoms with Gasteiger partial charge in [-0.1, -0.05) is 61.4 Å². The van der Waals surface area contributed by atoms with Crippen molar-refractivity contribution >= 4 is 23.3 Å². The molecule has 12 heteroatoms. The van der Waals surface area contributed by atoms with Gasteiger partial charge in [0.2, 0.25) is 5.56 Å². The molecule has 1 aliphatic heterocycles. The summed E-state index contributed by atoms with van der Waals surface area (Å²) in [5.74, 6) is 1.40. The van der Waals surface area contributed by atoms with Crippen LogP contribution in [-0.2, 0) is 28.0 Å². The Hall–Kier alpha value is -5.69. The van der Waals surface area contributed by atoms with Crippen LogP contribution in [0.25, 0.3) is 10.9 Å². The Morgan fingerprint density at radius 1 is 0.950 bits per heavy atom. The Kier molecular flexibility index (Phi) is 15.7. The number of ether oxygens (including phenoxy) is 2. The molecular formula is C48H58N4O8. The van der Waals surface area contributed by atoms with E-state index in [0.29, 0.717) is 65.7 Å². The first-order valence-electron chi connectivity index (χ1n) is 21.0. The number of aromatic hydroxyl groups is 2. The number of rotatable bonds is 18. The average Bonchev–Trinajstić information content (AvgIpc) is 3.58. The van der Waals surface area contributed by atoms with Gasteiger partial charge in [-0.15, -0.1) is 0 Å². The van der Waals surface area contributed by atoms with Crippen molar-refractivity contribution < 1.29 is 34.4 Å². The number of nitrogens with zero attached hydrogens (tertiary/aromatic N) is 1. The summed E-state index contributed by atoms with van der Waals surface area (Å²) in [5.41, 5.74) is 4.56. The summed E-state index contributed by atoms with van der Waals surface area (Å²) in [6, 6.07) is 29.2. The predicted octanol–water partition coefficient (Wildman–Crippen LogP) is 6.86. The lowest BCUT2D eigenvalue weighted by molar-refractivity contribution is -0.130. The van der Waals surface area contributed by atoms with Crippen molar-refractivity contribution in [2.75, 3.05) is 39.4 Å². The van der Waals surface area contributed by atoms with Gasteiger partial charge in [0.1, 0.15) is 17.2 Å². The fourth-order valence-corrected chi connectivity index (χ4v) is 8.17. The van der Waals surface area contributed by atoms with E-state index in [2.05, 4.69) is 39.6 Å². The number of carbonyl (C=O) groups is 2. The van der Waals surface area contributed by atoms with Gasteiger partial charge in [-0.3, -0.25) is 19.3 Å². The number of aromatic nitrogens is 1. The number of aliphatic hydroxyl groups excluding tert-OH is 1. The zero-order valence-electron chi connectivity index (χ0n) is 34.4. The molecule has 4 aromatic carbocycles. The van der Waals surface area contributed by atoms with Crippen LogP contribution in [0.15, 0.2) is 102 Å². The maximum absolute atomic E-state index is 13.1. The fourth-order valence-electron chi connectivity index (χ4n) is 8.17. The van der Waals surface area contributed by atoms with Gasteiger partial charge in [-0.2, -0.15) is 0 Å². The summed E-state index contributed by atoms with van der Waals surface area (Å²) < 4.78 is 10.7. The average molecular weight is 819 g/mol. The van der Waals surface area contributed by atoms with E-state index in [1.807, 2.05) is 54.6 Å². The van der Waals surface area contributed by atoms with Crippen LogP contribution < -0.4 is 20.9 Å². The zero-order chi connectivity index (χ0) is 42.3.